The smallest absolute Gasteiger partial charge is 0.407 e. The van der Waals surface area contributed by atoms with Gasteiger partial charge in [-0.15, -0.1) is 0 Å². The van der Waals surface area contributed by atoms with Crippen molar-refractivity contribution >= 4 is 15.9 Å². The fourth-order valence-electron chi connectivity index (χ4n) is 3.91. The molecule has 6 nitrogen and oxygen atoms in total. The standard InChI is InChI=1S/C26H45NO5S/c1-5-6-7-8-9-10-11-12-13-14-16-25(23-17-18-24(31-3)22(2)21-23)32-26(28)27-19-15-20-33(4,29)30/h17-18,21,25H,5-16,19-20H2,1-4H3,(H,27,28). The number of rotatable bonds is 18. The van der Waals surface area contributed by atoms with Crippen LogP contribution in [0.15, 0.2) is 18.2 Å². The minimum absolute atomic E-state index is 0.0486. The van der Waals surface area contributed by atoms with E-state index in [1.54, 1.807) is 7.11 Å². The lowest BCUT2D eigenvalue weighted by Gasteiger charge is -2.20. The Morgan fingerprint density at radius 1 is 0.970 bits per heavy atom. The molecule has 1 amide bonds. The van der Waals surface area contributed by atoms with Gasteiger partial charge >= 0.3 is 6.09 Å². The largest absolute Gasteiger partial charge is 0.496 e. The number of sulfone groups is 1. The van der Waals surface area contributed by atoms with Gasteiger partial charge in [-0.1, -0.05) is 70.8 Å². The predicted molar refractivity (Wildman–Crippen MR) is 136 cm³/mol. The van der Waals surface area contributed by atoms with Gasteiger partial charge in [0.2, 0.25) is 0 Å². The summed E-state index contributed by atoms with van der Waals surface area (Å²) in [5, 5.41) is 2.68. The molecule has 0 heterocycles. The molecule has 0 aliphatic heterocycles. The van der Waals surface area contributed by atoms with Gasteiger partial charge in [-0.2, -0.15) is 0 Å². The van der Waals surface area contributed by atoms with Gasteiger partial charge in [0.1, 0.15) is 21.7 Å². The zero-order valence-corrected chi connectivity index (χ0v) is 22.0. The molecular formula is C26H45NO5S. The number of aryl methyl sites for hydroxylation is 1. The molecule has 1 aromatic rings. The van der Waals surface area contributed by atoms with Gasteiger partial charge in [-0.3, -0.25) is 0 Å². The Labute approximate surface area is 201 Å². The second-order valence-electron chi connectivity index (χ2n) is 9.00. The molecular weight excluding hydrogens is 438 g/mol. The molecule has 1 aromatic carbocycles. The molecule has 1 rings (SSSR count). The van der Waals surface area contributed by atoms with E-state index in [0.717, 1.165) is 36.1 Å². The minimum Gasteiger partial charge on any atom is -0.496 e. The van der Waals surface area contributed by atoms with E-state index < -0.39 is 15.9 Å². The third-order valence-electron chi connectivity index (χ3n) is 5.82. The molecule has 0 aliphatic rings. The lowest BCUT2D eigenvalue weighted by molar-refractivity contribution is 0.0907. The first kappa shape index (κ1) is 29.3. The Hall–Kier alpha value is -1.76. The van der Waals surface area contributed by atoms with Crippen LogP contribution in [0.5, 0.6) is 5.75 Å². The molecule has 1 unspecified atom stereocenters. The second-order valence-corrected chi connectivity index (χ2v) is 11.3. The van der Waals surface area contributed by atoms with Crippen LogP contribution in [0, 0.1) is 6.92 Å². The van der Waals surface area contributed by atoms with Crippen molar-refractivity contribution in [3.8, 4) is 5.75 Å². The van der Waals surface area contributed by atoms with Crippen molar-refractivity contribution in [3.05, 3.63) is 29.3 Å². The summed E-state index contributed by atoms with van der Waals surface area (Å²) in [6.45, 7) is 4.50. The van der Waals surface area contributed by atoms with Crippen LogP contribution in [-0.4, -0.2) is 40.2 Å². The topological polar surface area (TPSA) is 81.7 Å². The maximum Gasteiger partial charge on any atom is 0.407 e. The highest BCUT2D eigenvalue weighted by Gasteiger charge is 2.18. The van der Waals surface area contributed by atoms with E-state index in [4.69, 9.17) is 9.47 Å². The first-order valence-electron chi connectivity index (χ1n) is 12.5. The van der Waals surface area contributed by atoms with E-state index in [1.807, 2.05) is 25.1 Å². The molecule has 0 aromatic heterocycles. The minimum atomic E-state index is -3.03. The summed E-state index contributed by atoms with van der Waals surface area (Å²) < 4.78 is 33.6. The first-order chi connectivity index (χ1) is 15.8. The zero-order chi connectivity index (χ0) is 24.5. The number of benzene rings is 1. The van der Waals surface area contributed by atoms with Gasteiger partial charge in [0.15, 0.2) is 0 Å². The number of methoxy groups -OCH3 is 1. The number of carbonyl (C=O) groups is 1. The van der Waals surface area contributed by atoms with E-state index in [2.05, 4.69) is 12.2 Å². The number of hydrogen-bond acceptors (Lipinski definition) is 5. The van der Waals surface area contributed by atoms with E-state index in [0.29, 0.717) is 6.42 Å². The van der Waals surface area contributed by atoms with Crippen molar-refractivity contribution in [2.75, 3.05) is 25.7 Å². The van der Waals surface area contributed by atoms with Crippen LogP contribution >= 0.6 is 0 Å². The van der Waals surface area contributed by atoms with E-state index in [9.17, 15) is 13.2 Å². The molecule has 0 saturated heterocycles. The maximum atomic E-state index is 12.3. The van der Waals surface area contributed by atoms with Crippen LogP contribution in [0.25, 0.3) is 0 Å². The Balaban J connectivity index is 2.50. The molecule has 7 heteroatoms. The van der Waals surface area contributed by atoms with E-state index >= 15 is 0 Å². The van der Waals surface area contributed by atoms with Crippen molar-refractivity contribution in [2.45, 2.75) is 97.0 Å². The summed E-state index contributed by atoms with van der Waals surface area (Å²) in [7, 11) is -1.39. The molecule has 0 spiro atoms. The van der Waals surface area contributed by atoms with Gasteiger partial charge < -0.3 is 14.8 Å². The lowest BCUT2D eigenvalue weighted by Crippen LogP contribution is -2.28. The number of amides is 1. The summed E-state index contributed by atoms with van der Waals surface area (Å²) >= 11 is 0. The molecule has 0 saturated carbocycles. The van der Waals surface area contributed by atoms with Gasteiger partial charge in [0.05, 0.1) is 12.9 Å². The van der Waals surface area contributed by atoms with Gasteiger partial charge in [0.25, 0.3) is 0 Å². The van der Waals surface area contributed by atoms with Crippen molar-refractivity contribution in [3.63, 3.8) is 0 Å². The zero-order valence-electron chi connectivity index (χ0n) is 21.2. The van der Waals surface area contributed by atoms with Gasteiger partial charge in [-0.25, -0.2) is 13.2 Å². The molecule has 0 aliphatic carbocycles. The van der Waals surface area contributed by atoms with Crippen LogP contribution in [0.4, 0.5) is 4.79 Å². The number of carbonyl (C=O) groups excluding carboxylic acids is 1. The Morgan fingerprint density at radius 3 is 2.12 bits per heavy atom. The third-order valence-corrected chi connectivity index (χ3v) is 6.85. The third kappa shape index (κ3) is 14.2. The normalized spacial score (nSPS) is 12.4. The van der Waals surface area contributed by atoms with Crippen molar-refractivity contribution in [1.82, 2.24) is 5.32 Å². The molecule has 0 radical (unpaired) electrons. The fraction of sp³-hybridized carbons (Fsp3) is 0.731. The van der Waals surface area contributed by atoms with Crippen LogP contribution < -0.4 is 10.1 Å². The monoisotopic (exact) mass is 483 g/mol. The number of alkyl carbamates (subject to hydrolysis) is 1. The summed E-state index contributed by atoms with van der Waals surface area (Å²) in [6, 6.07) is 5.87. The quantitative estimate of drug-likeness (QED) is 0.240. The Kier molecular flexibility index (Phi) is 14.9. The van der Waals surface area contributed by atoms with Crippen LogP contribution in [0.3, 0.4) is 0 Å². The molecule has 190 valence electrons. The summed E-state index contributed by atoms with van der Waals surface area (Å²) in [5.74, 6) is 0.856. The Bertz CT molecular complexity index is 779. The molecule has 1 N–H and O–H groups in total. The van der Waals surface area contributed by atoms with Crippen LogP contribution in [0.2, 0.25) is 0 Å². The number of ether oxygens (including phenoxy) is 2. The molecule has 0 bridgehead atoms. The van der Waals surface area contributed by atoms with Gasteiger partial charge in [-0.05, 0) is 49.4 Å². The summed E-state index contributed by atoms with van der Waals surface area (Å²) in [4.78, 5) is 12.3. The van der Waals surface area contributed by atoms with Crippen LogP contribution in [0.1, 0.15) is 101 Å². The van der Waals surface area contributed by atoms with E-state index in [1.165, 1.54) is 57.6 Å². The average molecular weight is 484 g/mol. The number of unbranched alkanes of at least 4 members (excludes halogenated alkanes) is 9. The SMILES string of the molecule is CCCCCCCCCCCCC(OC(=O)NCCCS(C)(=O)=O)c1ccc(OC)c(C)c1. The summed E-state index contributed by atoms with van der Waals surface area (Å²) in [5.41, 5.74) is 1.95. The fourth-order valence-corrected chi connectivity index (χ4v) is 4.58. The van der Waals surface area contributed by atoms with Gasteiger partial charge in [0, 0.05) is 12.8 Å². The first-order valence-corrected chi connectivity index (χ1v) is 14.6. The average Bonchev–Trinajstić information content (AvgIpc) is 2.76. The molecule has 0 fully saturated rings. The Morgan fingerprint density at radius 2 is 1.58 bits per heavy atom. The maximum absolute atomic E-state index is 12.3. The number of hydrogen-bond donors (Lipinski definition) is 1. The van der Waals surface area contributed by atoms with Crippen molar-refractivity contribution < 1.29 is 22.7 Å². The summed E-state index contributed by atoms with van der Waals surface area (Å²) in [6.07, 6.45) is 14.0. The van der Waals surface area contributed by atoms with Crippen molar-refractivity contribution in [1.29, 1.82) is 0 Å². The predicted octanol–water partition coefficient (Wildman–Crippen LogP) is 6.52. The number of nitrogens with one attached hydrogen (secondary N) is 1. The lowest BCUT2D eigenvalue weighted by atomic mass is 9.99. The molecule has 1 atom stereocenters. The van der Waals surface area contributed by atoms with Crippen LogP contribution in [-0.2, 0) is 14.6 Å². The highest BCUT2D eigenvalue weighted by Crippen LogP contribution is 2.28. The molecule has 33 heavy (non-hydrogen) atoms. The highest BCUT2D eigenvalue weighted by molar-refractivity contribution is 7.90. The second kappa shape index (κ2) is 16.8. The van der Waals surface area contributed by atoms with E-state index in [-0.39, 0.29) is 18.4 Å². The highest BCUT2D eigenvalue weighted by atomic mass is 32.2. The van der Waals surface area contributed by atoms with Crippen molar-refractivity contribution in [2.24, 2.45) is 0 Å².